The van der Waals surface area contributed by atoms with Crippen LogP contribution in [0.15, 0.2) is 30.5 Å². The lowest BCUT2D eigenvalue weighted by atomic mass is 10.2. The Kier molecular flexibility index (Phi) is 5.09. The molecule has 114 valence electrons. The lowest BCUT2D eigenvalue weighted by Gasteiger charge is -2.12. The van der Waals surface area contributed by atoms with E-state index in [0.717, 1.165) is 24.3 Å². The molecule has 5 nitrogen and oxygen atoms in total. The van der Waals surface area contributed by atoms with Crippen LogP contribution < -0.4 is 15.2 Å². The van der Waals surface area contributed by atoms with Crippen LogP contribution in [-0.2, 0) is 6.61 Å². The minimum absolute atomic E-state index is 0.406. The number of rotatable bonds is 7. The molecule has 1 aromatic carbocycles. The summed E-state index contributed by atoms with van der Waals surface area (Å²) >= 11 is 0. The van der Waals surface area contributed by atoms with Crippen LogP contribution in [0.3, 0.4) is 0 Å². The fourth-order valence-electron chi connectivity index (χ4n) is 2.26. The minimum atomic E-state index is 0.406. The molecule has 0 amide bonds. The first-order chi connectivity index (χ1) is 10.2. The zero-order valence-electron chi connectivity index (χ0n) is 12.9. The molecule has 2 N–H and O–H groups in total. The molecule has 21 heavy (non-hydrogen) atoms. The molecule has 0 radical (unpaired) electrons. The quantitative estimate of drug-likeness (QED) is 0.793. The molecule has 0 atom stereocenters. The minimum Gasteiger partial charge on any atom is -0.497 e. The van der Waals surface area contributed by atoms with Gasteiger partial charge in [-0.1, -0.05) is 13.8 Å². The molecule has 0 fully saturated rings. The van der Waals surface area contributed by atoms with Gasteiger partial charge in [0.1, 0.15) is 18.1 Å². The van der Waals surface area contributed by atoms with Crippen LogP contribution in [0.2, 0.25) is 0 Å². The van der Waals surface area contributed by atoms with Gasteiger partial charge in [0.15, 0.2) is 0 Å². The fourth-order valence-corrected chi connectivity index (χ4v) is 2.26. The highest BCUT2D eigenvalue weighted by molar-refractivity contribution is 5.56. The molecule has 0 aliphatic rings. The van der Waals surface area contributed by atoms with Crippen LogP contribution in [0.1, 0.15) is 38.4 Å². The third-order valence-corrected chi connectivity index (χ3v) is 3.57. The number of nitrogen functional groups attached to an aromatic ring is 1. The number of aromatic nitrogens is 2. The Morgan fingerprint density at radius 2 is 2.00 bits per heavy atom. The first-order valence-electron chi connectivity index (χ1n) is 7.28. The lowest BCUT2D eigenvalue weighted by molar-refractivity contribution is 0.298. The van der Waals surface area contributed by atoms with Gasteiger partial charge in [-0.3, -0.25) is 4.68 Å². The van der Waals surface area contributed by atoms with Crippen molar-refractivity contribution in [2.45, 2.75) is 39.3 Å². The van der Waals surface area contributed by atoms with E-state index in [2.05, 4.69) is 18.9 Å². The van der Waals surface area contributed by atoms with Crippen LogP contribution in [0.4, 0.5) is 5.69 Å². The molecule has 0 saturated carbocycles. The molecule has 2 rings (SSSR count). The summed E-state index contributed by atoms with van der Waals surface area (Å²) in [6, 6.07) is 7.82. The summed E-state index contributed by atoms with van der Waals surface area (Å²) < 4.78 is 12.9. The second-order valence-electron chi connectivity index (χ2n) is 4.95. The Hall–Kier alpha value is -2.17. The molecule has 0 bridgehead atoms. The molecule has 0 aliphatic heterocycles. The van der Waals surface area contributed by atoms with Crippen LogP contribution in [0.25, 0.3) is 0 Å². The lowest BCUT2D eigenvalue weighted by Crippen LogP contribution is -2.08. The molecule has 0 aliphatic carbocycles. The van der Waals surface area contributed by atoms with E-state index in [1.807, 2.05) is 29.1 Å². The van der Waals surface area contributed by atoms with Gasteiger partial charge in [-0.05, 0) is 31.0 Å². The van der Waals surface area contributed by atoms with Crippen molar-refractivity contribution in [3.05, 3.63) is 36.2 Å². The largest absolute Gasteiger partial charge is 0.497 e. The molecular formula is C16H23N3O2. The van der Waals surface area contributed by atoms with Gasteiger partial charge < -0.3 is 15.2 Å². The standard InChI is InChI=1S/C16H23N3O2/c1-4-13(5-2)19-9-8-12(18-19)11-21-16-7-6-14(20-3)10-15(16)17/h6-10,13H,4-5,11,17H2,1-3H3. The summed E-state index contributed by atoms with van der Waals surface area (Å²) in [6.45, 7) is 4.75. The molecule has 2 aromatic rings. The molecular weight excluding hydrogens is 266 g/mol. The number of nitrogens with zero attached hydrogens (tertiary/aromatic N) is 2. The summed E-state index contributed by atoms with van der Waals surface area (Å²) in [5.74, 6) is 1.37. The summed E-state index contributed by atoms with van der Waals surface area (Å²) in [7, 11) is 1.61. The number of ether oxygens (including phenoxy) is 2. The topological polar surface area (TPSA) is 62.3 Å². The van der Waals surface area contributed by atoms with E-state index in [4.69, 9.17) is 15.2 Å². The van der Waals surface area contributed by atoms with E-state index in [0.29, 0.717) is 24.1 Å². The third kappa shape index (κ3) is 3.68. The van der Waals surface area contributed by atoms with Crippen LogP contribution in [0, 0.1) is 0 Å². The molecule has 0 unspecified atom stereocenters. The number of nitrogens with two attached hydrogens (primary N) is 1. The predicted octanol–water partition coefficient (Wildman–Crippen LogP) is 3.41. The Balaban J connectivity index is 2.00. The van der Waals surface area contributed by atoms with E-state index in [-0.39, 0.29) is 0 Å². The van der Waals surface area contributed by atoms with Crippen molar-refractivity contribution in [1.29, 1.82) is 0 Å². The van der Waals surface area contributed by atoms with Gasteiger partial charge in [-0.2, -0.15) is 5.10 Å². The van der Waals surface area contributed by atoms with Crippen molar-refractivity contribution in [3.63, 3.8) is 0 Å². The summed E-state index contributed by atoms with van der Waals surface area (Å²) in [4.78, 5) is 0. The molecule has 1 heterocycles. The molecule has 5 heteroatoms. The third-order valence-electron chi connectivity index (χ3n) is 3.57. The fraction of sp³-hybridized carbons (Fsp3) is 0.438. The zero-order valence-corrected chi connectivity index (χ0v) is 12.9. The highest BCUT2D eigenvalue weighted by Crippen LogP contribution is 2.26. The summed E-state index contributed by atoms with van der Waals surface area (Å²) in [5, 5.41) is 4.56. The average molecular weight is 289 g/mol. The van der Waals surface area contributed by atoms with Crippen molar-refractivity contribution in [1.82, 2.24) is 9.78 Å². The second kappa shape index (κ2) is 7.02. The number of anilines is 1. The van der Waals surface area contributed by atoms with Gasteiger partial charge >= 0.3 is 0 Å². The smallest absolute Gasteiger partial charge is 0.143 e. The number of benzene rings is 1. The van der Waals surface area contributed by atoms with E-state index in [9.17, 15) is 0 Å². The van der Waals surface area contributed by atoms with Crippen molar-refractivity contribution in [2.75, 3.05) is 12.8 Å². The van der Waals surface area contributed by atoms with Gasteiger partial charge in [0.05, 0.1) is 24.5 Å². The van der Waals surface area contributed by atoms with Crippen molar-refractivity contribution >= 4 is 5.69 Å². The highest BCUT2D eigenvalue weighted by atomic mass is 16.5. The maximum atomic E-state index is 5.93. The SMILES string of the molecule is CCC(CC)n1ccc(COc2ccc(OC)cc2N)n1. The van der Waals surface area contributed by atoms with Crippen molar-refractivity contribution in [2.24, 2.45) is 0 Å². The number of hydrogen-bond donors (Lipinski definition) is 1. The average Bonchev–Trinajstić information content (AvgIpc) is 2.96. The second-order valence-corrected chi connectivity index (χ2v) is 4.95. The Morgan fingerprint density at radius 1 is 1.24 bits per heavy atom. The molecule has 1 aromatic heterocycles. The van der Waals surface area contributed by atoms with E-state index in [1.165, 1.54) is 0 Å². The Bertz CT molecular complexity index is 577. The van der Waals surface area contributed by atoms with Gasteiger partial charge in [-0.15, -0.1) is 0 Å². The Labute approximate surface area is 125 Å². The highest BCUT2D eigenvalue weighted by Gasteiger charge is 2.09. The first-order valence-corrected chi connectivity index (χ1v) is 7.28. The monoisotopic (exact) mass is 289 g/mol. The van der Waals surface area contributed by atoms with E-state index >= 15 is 0 Å². The Morgan fingerprint density at radius 3 is 2.62 bits per heavy atom. The van der Waals surface area contributed by atoms with E-state index in [1.54, 1.807) is 13.2 Å². The van der Waals surface area contributed by atoms with Crippen LogP contribution in [-0.4, -0.2) is 16.9 Å². The van der Waals surface area contributed by atoms with Crippen LogP contribution in [0.5, 0.6) is 11.5 Å². The van der Waals surface area contributed by atoms with Gasteiger partial charge in [-0.25, -0.2) is 0 Å². The maximum Gasteiger partial charge on any atom is 0.143 e. The van der Waals surface area contributed by atoms with Gasteiger partial charge in [0, 0.05) is 12.3 Å². The zero-order chi connectivity index (χ0) is 15.2. The maximum absolute atomic E-state index is 5.93. The molecule has 0 spiro atoms. The van der Waals surface area contributed by atoms with Crippen molar-refractivity contribution in [3.8, 4) is 11.5 Å². The summed E-state index contributed by atoms with van der Waals surface area (Å²) in [5.41, 5.74) is 7.39. The predicted molar refractivity (Wildman–Crippen MR) is 83.6 cm³/mol. The first kappa shape index (κ1) is 15.2. The van der Waals surface area contributed by atoms with E-state index < -0.39 is 0 Å². The number of methoxy groups -OCH3 is 1. The normalized spacial score (nSPS) is 10.9. The summed E-state index contributed by atoms with van der Waals surface area (Å²) in [6.07, 6.45) is 4.15. The van der Waals surface area contributed by atoms with Gasteiger partial charge in [0.2, 0.25) is 0 Å². The van der Waals surface area contributed by atoms with Gasteiger partial charge in [0.25, 0.3) is 0 Å². The number of hydrogen-bond acceptors (Lipinski definition) is 4. The molecule has 0 saturated heterocycles. The van der Waals surface area contributed by atoms with Crippen LogP contribution >= 0.6 is 0 Å². The van der Waals surface area contributed by atoms with Crippen molar-refractivity contribution < 1.29 is 9.47 Å².